The minimum atomic E-state index is -0.568. The summed E-state index contributed by atoms with van der Waals surface area (Å²) in [6, 6.07) is 0. The predicted molar refractivity (Wildman–Crippen MR) is 212 cm³/mol. The molecule has 290 valence electrons. The maximum atomic E-state index is 13.1. The zero-order chi connectivity index (χ0) is 36.7. The summed E-state index contributed by atoms with van der Waals surface area (Å²) in [5, 5.41) is 0. The number of ether oxygens (including phenoxy) is 2. The highest BCUT2D eigenvalue weighted by molar-refractivity contribution is 7.74. The molecule has 6 nitrogen and oxygen atoms in total. The normalized spacial score (nSPS) is 13.6. The Balaban J connectivity index is 4.11. The number of hydrogen-bond acceptors (Lipinski definition) is 6. The fraction of sp³-hybridized carbons (Fsp3) is 0.929. The van der Waals surface area contributed by atoms with Gasteiger partial charge < -0.3 is 14.4 Å². The summed E-state index contributed by atoms with van der Waals surface area (Å²) in [4.78, 5) is 39.6. The predicted octanol–water partition coefficient (Wildman–Crippen LogP) is 11.8. The van der Waals surface area contributed by atoms with Crippen LogP contribution in [0.25, 0.3) is 0 Å². The van der Waals surface area contributed by atoms with Crippen LogP contribution in [0.2, 0.25) is 0 Å². The van der Waals surface area contributed by atoms with Gasteiger partial charge in [-0.3, -0.25) is 14.4 Å². The lowest BCUT2D eigenvalue weighted by molar-refractivity contribution is -0.145. The van der Waals surface area contributed by atoms with E-state index >= 15 is 0 Å². The Morgan fingerprint density at radius 2 is 0.898 bits per heavy atom. The van der Waals surface area contributed by atoms with Crippen molar-refractivity contribution in [3.8, 4) is 0 Å². The number of nitrogens with zero attached hydrogens (tertiary/aromatic N) is 1. The molecule has 2 unspecified atom stereocenters. The van der Waals surface area contributed by atoms with Gasteiger partial charge in [-0.2, -0.15) is 0 Å². The van der Waals surface area contributed by atoms with Gasteiger partial charge in [0.05, 0.1) is 13.2 Å². The smallest absolute Gasteiger partial charge is 0.305 e. The SMILES string of the molecule is CC(C)CCCC(C)CCOC(=O)CCCCCCCP(CCCCCCCC(=O)OCCC(C)CCCC(C)C)C(=O)CCCN(C)C. The lowest BCUT2D eigenvalue weighted by Crippen LogP contribution is -2.14. The van der Waals surface area contributed by atoms with E-state index in [1.54, 1.807) is 0 Å². The minimum Gasteiger partial charge on any atom is -0.466 e. The average Bonchev–Trinajstić information content (AvgIpc) is 3.02. The van der Waals surface area contributed by atoms with Gasteiger partial charge in [0.1, 0.15) is 0 Å². The van der Waals surface area contributed by atoms with Crippen LogP contribution in [-0.4, -0.2) is 68.5 Å². The molecule has 0 heterocycles. The molecule has 0 aromatic heterocycles. The van der Waals surface area contributed by atoms with Crippen LogP contribution < -0.4 is 0 Å². The Hall–Kier alpha value is -1.00. The third-order valence-corrected chi connectivity index (χ3v) is 12.3. The van der Waals surface area contributed by atoms with Crippen molar-refractivity contribution in [1.82, 2.24) is 4.90 Å². The highest BCUT2D eigenvalue weighted by Crippen LogP contribution is 2.40. The van der Waals surface area contributed by atoms with Gasteiger partial charge in [0.2, 0.25) is 0 Å². The second-order valence-electron chi connectivity index (χ2n) is 16.2. The van der Waals surface area contributed by atoms with Crippen molar-refractivity contribution in [2.75, 3.05) is 46.2 Å². The number of rotatable bonds is 35. The molecule has 0 saturated carbocycles. The van der Waals surface area contributed by atoms with E-state index in [2.05, 4.69) is 60.5 Å². The van der Waals surface area contributed by atoms with Crippen LogP contribution in [-0.2, 0) is 23.9 Å². The molecule has 0 amide bonds. The third kappa shape index (κ3) is 33.9. The molecular weight excluding hydrogens is 629 g/mol. The second kappa shape index (κ2) is 32.9. The van der Waals surface area contributed by atoms with Gasteiger partial charge in [0, 0.05) is 19.3 Å². The van der Waals surface area contributed by atoms with Crippen LogP contribution in [0, 0.1) is 23.7 Å². The molecule has 7 heteroatoms. The quantitative estimate of drug-likeness (QED) is 0.0370. The van der Waals surface area contributed by atoms with Crippen molar-refractivity contribution in [2.45, 2.75) is 183 Å². The van der Waals surface area contributed by atoms with Crippen molar-refractivity contribution in [3.05, 3.63) is 0 Å². The highest BCUT2D eigenvalue weighted by atomic mass is 31.1. The molecule has 0 bridgehead atoms. The van der Waals surface area contributed by atoms with E-state index in [0.717, 1.165) is 114 Å². The molecule has 0 saturated heterocycles. The van der Waals surface area contributed by atoms with Crippen LogP contribution in [0.15, 0.2) is 0 Å². The summed E-state index contributed by atoms with van der Waals surface area (Å²) in [5.74, 6) is 2.67. The van der Waals surface area contributed by atoms with Crippen molar-refractivity contribution in [3.63, 3.8) is 0 Å². The summed E-state index contributed by atoms with van der Waals surface area (Å²) < 4.78 is 11.0. The monoisotopic (exact) mass is 712 g/mol. The lowest BCUT2D eigenvalue weighted by atomic mass is 9.98. The van der Waals surface area contributed by atoms with Crippen molar-refractivity contribution in [2.24, 2.45) is 23.7 Å². The van der Waals surface area contributed by atoms with E-state index in [1.807, 2.05) is 0 Å². The van der Waals surface area contributed by atoms with Crippen LogP contribution in [0.1, 0.15) is 183 Å². The molecule has 0 radical (unpaired) electrons. The van der Waals surface area contributed by atoms with Gasteiger partial charge >= 0.3 is 11.9 Å². The van der Waals surface area contributed by atoms with E-state index < -0.39 is 7.92 Å². The van der Waals surface area contributed by atoms with Gasteiger partial charge in [0.25, 0.3) is 0 Å². The van der Waals surface area contributed by atoms with Crippen molar-refractivity contribution in [1.29, 1.82) is 0 Å². The number of unbranched alkanes of at least 4 members (excludes halogenated alkanes) is 8. The molecule has 0 rings (SSSR count). The summed E-state index contributed by atoms with van der Waals surface area (Å²) in [6.45, 7) is 15.7. The molecule has 0 aliphatic rings. The molecular formula is C42H82NO5P. The fourth-order valence-corrected chi connectivity index (χ4v) is 8.61. The number of esters is 2. The number of hydrogen-bond donors (Lipinski definition) is 0. The van der Waals surface area contributed by atoms with E-state index in [9.17, 15) is 14.4 Å². The molecule has 2 atom stereocenters. The Bertz CT molecular complexity index is 750. The molecule has 0 aliphatic heterocycles. The zero-order valence-corrected chi connectivity index (χ0v) is 34.7. The molecule has 0 N–H and O–H groups in total. The van der Waals surface area contributed by atoms with E-state index in [1.165, 1.54) is 38.5 Å². The first kappa shape index (κ1) is 48.0. The Labute approximate surface area is 306 Å². The molecule has 0 aliphatic carbocycles. The summed E-state index contributed by atoms with van der Waals surface area (Å²) >= 11 is 0. The molecule has 0 aromatic rings. The van der Waals surface area contributed by atoms with E-state index in [-0.39, 0.29) is 11.9 Å². The second-order valence-corrected chi connectivity index (χ2v) is 18.7. The Morgan fingerprint density at radius 3 is 1.31 bits per heavy atom. The van der Waals surface area contributed by atoms with Gasteiger partial charge in [-0.25, -0.2) is 0 Å². The highest BCUT2D eigenvalue weighted by Gasteiger charge is 2.17. The van der Waals surface area contributed by atoms with E-state index in [4.69, 9.17) is 9.47 Å². The van der Waals surface area contributed by atoms with Gasteiger partial charge in [-0.15, -0.1) is 0 Å². The Morgan fingerprint density at radius 1 is 0.490 bits per heavy atom. The topological polar surface area (TPSA) is 72.9 Å². The summed E-state index contributed by atoms with van der Waals surface area (Å²) in [7, 11) is 3.57. The first-order valence-corrected chi connectivity index (χ1v) is 22.4. The van der Waals surface area contributed by atoms with Gasteiger partial charge in [0.15, 0.2) is 5.52 Å². The number of carbonyl (C=O) groups excluding carboxylic acids is 3. The third-order valence-electron chi connectivity index (χ3n) is 9.67. The largest absolute Gasteiger partial charge is 0.466 e. The van der Waals surface area contributed by atoms with Crippen LogP contribution in [0.3, 0.4) is 0 Å². The van der Waals surface area contributed by atoms with Crippen molar-refractivity contribution >= 4 is 25.4 Å². The summed E-state index contributed by atoms with van der Waals surface area (Å²) in [6.07, 6.45) is 24.9. The van der Waals surface area contributed by atoms with Crippen LogP contribution >= 0.6 is 7.92 Å². The fourth-order valence-electron chi connectivity index (χ4n) is 6.20. The molecule has 49 heavy (non-hydrogen) atoms. The molecule has 0 fully saturated rings. The standard InChI is InChI=1S/C42H82NO5P/c1-36(2)22-19-24-38(5)29-32-47-40(44)26-15-11-9-13-17-34-49(42(46)28-21-31-43(7)8)35-18-14-10-12-16-27-41(45)48-33-30-39(6)25-20-23-37(3)4/h36-39H,9-35H2,1-8H3. The number of carbonyl (C=O) groups is 3. The Kier molecular flexibility index (Phi) is 32.2. The first-order valence-electron chi connectivity index (χ1n) is 20.6. The van der Waals surface area contributed by atoms with E-state index in [0.29, 0.717) is 49.8 Å². The van der Waals surface area contributed by atoms with Gasteiger partial charge in [-0.05, 0) is 110 Å². The maximum Gasteiger partial charge on any atom is 0.305 e. The summed E-state index contributed by atoms with van der Waals surface area (Å²) in [5.41, 5.74) is 0.505. The maximum absolute atomic E-state index is 13.1. The molecule has 0 aromatic carbocycles. The average molecular weight is 712 g/mol. The zero-order valence-electron chi connectivity index (χ0n) is 33.8. The lowest BCUT2D eigenvalue weighted by Gasteiger charge is -2.17. The van der Waals surface area contributed by atoms with Crippen LogP contribution in [0.5, 0.6) is 0 Å². The van der Waals surface area contributed by atoms with Crippen LogP contribution in [0.4, 0.5) is 0 Å². The first-order chi connectivity index (χ1) is 23.4. The molecule has 0 spiro atoms. The van der Waals surface area contributed by atoms with Crippen molar-refractivity contribution < 1.29 is 23.9 Å². The minimum absolute atomic E-state index is 0.0472. The van der Waals surface area contributed by atoms with Gasteiger partial charge in [-0.1, -0.05) is 119 Å².